The fourth-order valence-electron chi connectivity index (χ4n) is 2.41. The Morgan fingerprint density at radius 2 is 2.05 bits per heavy atom. The zero-order chi connectivity index (χ0) is 13.2. The Bertz CT molecular complexity index is 438. The van der Waals surface area contributed by atoms with Gasteiger partial charge in [0.15, 0.2) is 0 Å². The maximum absolute atomic E-state index is 10.6. The SMILES string of the molecule is CC1(CN)CCN(Cc2ccc([N+](=O)[O-])cc2)C1.Cl. The van der Waals surface area contributed by atoms with Gasteiger partial charge in [0.2, 0.25) is 0 Å². The molecule has 1 heterocycles. The zero-order valence-electron chi connectivity index (χ0n) is 11.0. The van der Waals surface area contributed by atoms with E-state index in [4.69, 9.17) is 5.73 Å². The number of hydrogen-bond donors (Lipinski definition) is 1. The van der Waals surface area contributed by atoms with Crippen molar-refractivity contribution < 1.29 is 4.92 Å². The van der Waals surface area contributed by atoms with E-state index in [1.807, 2.05) is 12.1 Å². The molecule has 1 fully saturated rings. The van der Waals surface area contributed by atoms with Crippen molar-refractivity contribution in [3.05, 3.63) is 39.9 Å². The van der Waals surface area contributed by atoms with Crippen LogP contribution >= 0.6 is 12.4 Å². The van der Waals surface area contributed by atoms with Crippen LogP contribution in [0.25, 0.3) is 0 Å². The monoisotopic (exact) mass is 285 g/mol. The first kappa shape index (κ1) is 15.9. The van der Waals surface area contributed by atoms with Gasteiger partial charge < -0.3 is 5.73 Å². The Morgan fingerprint density at radius 3 is 2.53 bits per heavy atom. The van der Waals surface area contributed by atoms with Crippen molar-refractivity contribution in [1.82, 2.24) is 4.90 Å². The Hall–Kier alpha value is -1.17. The summed E-state index contributed by atoms with van der Waals surface area (Å²) in [6, 6.07) is 6.79. The van der Waals surface area contributed by atoms with Gasteiger partial charge in [-0.05, 0) is 30.5 Å². The van der Waals surface area contributed by atoms with E-state index in [0.29, 0.717) is 6.54 Å². The highest BCUT2D eigenvalue weighted by Crippen LogP contribution is 2.29. The normalized spacial score (nSPS) is 23.1. The summed E-state index contributed by atoms with van der Waals surface area (Å²) in [4.78, 5) is 12.5. The molecule has 1 aromatic carbocycles. The number of nitrogens with two attached hydrogens (primary N) is 1. The molecule has 1 aliphatic heterocycles. The first-order valence-corrected chi connectivity index (χ1v) is 6.18. The lowest BCUT2D eigenvalue weighted by Gasteiger charge is -2.22. The molecule has 1 unspecified atom stereocenters. The summed E-state index contributed by atoms with van der Waals surface area (Å²) in [5.41, 5.74) is 7.26. The second kappa shape index (κ2) is 6.32. The summed E-state index contributed by atoms with van der Waals surface area (Å²) in [7, 11) is 0. The number of nitro groups is 1. The summed E-state index contributed by atoms with van der Waals surface area (Å²) in [5.74, 6) is 0. The van der Waals surface area contributed by atoms with Crippen molar-refractivity contribution in [2.75, 3.05) is 19.6 Å². The van der Waals surface area contributed by atoms with Crippen molar-refractivity contribution in [2.24, 2.45) is 11.1 Å². The minimum Gasteiger partial charge on any atom is -0.330 e. The van der Waals surface area contributed by atoms with Gasteiger partial charge in [0.05, 0.1) is 4.92 Å². The molecule has 106 valence electrons. The van der Waals surface area contributed by atoms with Gasteiger partial charge in [0.1, 0.15) is 0 Å². The molecule has 1 aliphatic rings. The molecule has 1 saturated heterocycles. The molecule has 2 rings (SSSR count). The maximum Gasteiger partial charge on any atom is 0.269 e. The van der Waals surface area contributed by atoms with Crippen LogP contribution in [0.5, 0.6) is 0 Å². The van der Waals surface area contributed by atoms with E-state index in [1.54, 1.807) is 12.1 Å². The highest BCUT2D eigenvalue weighted by molar-refractivity contribution is 5.85. The molecule has 5 nitrogen and oxygen atoms in total. The summed E-state index contributed by atoms with van der Waals surface area (Å²) < 4.78 is 0. The minimum absolute atomic E-state index is 0. The van der Waals surface area contributed by atoms with Gasteiger partial charge >= 0.3 is 0 Å². The molecular weight excluding hydrogens is 266 g/mol. The third-order valence-corrected chi connectivity index (χ3v) is 3.68. The first-order valence-electron chi connectivity index (χ1n) is 6.18. The molecule has 0 spiro atoms. The molecule has 0 aliphatic carbocycles. The molecule has 0 saturated carbocycles. The van der Waals surface area contributed by atoms with Crippen molar-refractivity contribution >= 4 is 18.1 Å². The summed E-state index contributed by atoms with van der Waals surface area (Å²) in [5, 5.41) is 10.6. The number of benzene rings is 1. The molecule has 2 N–H and O–H groups in total. The molecule has 1 aromatic rings. The lowest BCUT2D eigenvalue weighted by atomic mass is 9.90. The first-order chi connectivity index (χ1) is 8.52. The van der Waals surface area contributed by atoms with Gasteiger partial charge in [-0.3, -0.25) is 15.0 Å². The predicted octanol–water partition coefficient (Wildman–Crippen LogP) is 2.19. The van der Waals surface area contributed by atoms with Crippen LogP contribution in [0.3, 0.4) is 0 Å². The van der Waals surface area contributed by atoms with Gasteiger partial charge in [-0.15, -0.1) is 12.4 Å². The molecule has 6 heteroatoms. The van der Waals surface area contributed by atoms with Gasteiger partial charge in [-0.2, -0.15) is 0 Å². The van der Waals surface area contributed by atoms with Crippen LogP contribution in [0.4, 0.5) is 5.69 Å². The van der Waals surface area contributed by atoms with Crippen molar-refractivity contribution in [2.45, 2.75) is 19.9 Å². The van der Waals surface area contributed by atoms with E-state index in [9.17, 15) is 10.1 Å². The Morgan fingerprint density at radius 1 is 1.42 bits per heavy atom. The second-order valence-electron chi connectivity index (χ2n) is 5.40. The number of halogens is 1. The second-order valence-corrected chi connectivity index (χ2v) is 5.40. The molecule has 0 aromatic heterocycles. The third-order valence-electron chi connectivity index (χ3n) is 3.68. The third kappa shape index (κ3) is 3.89. The summed E-state index contributed by atoms with van der Waals surface area (Å²) >= 11 is 0. The van der Waals surface area contributed by atoms with Crippen LogP contribution in [0.2, 0.25) is 0 Å². The number of likely N-dealkylation sites (tertiary alicyclic amines) is 1. The number of nitrogens with zero attached hydrogens (tertiary/aromatic N) is 2. The maximum atomic E-state index is 10.6. The van der Waals surface area contributed by atoms with Crippen molar-refractivity contribution in [1.29, 1.82) is 0 Å². The lowest BCUT2D eigenvalue weighted by Crippen LogP contribution is -2.31. The Balaban J connectivity index is 0.00000180. The van der Waals surface area contributed by atoms with Crippen molar-refractivity contribution in [3.63, 3.8) is 0 Å². The lowest BCUT2D eigenvalue weighted by molar-refractivity contribution is -0.384. The average Bonchev–Trinajstić information content (AvgIpc) is 2.72. The van der Waals surface area contributed by atoms with Crippen LogP contribution in [0.1, 0.15) is 18.9 Å². The van der Waals surface area contributed by atoms with Crippen molar-refractivity contribution in [3.8, 4) is 0 Å². The fourth-order valence-corrected chi connectivity index (χ4v) is 2.41. The minimum atomic E-state index is -0.370. The number of hydrogen-bond acceptors (Lipinski definition) is 4. The predicted molar refractivity (Wildman–Crippen MR) is 77.4 cm³/mol. The van der Waals surface area contributed by atoms with Crippen LogP contribution in [0, 0.1) is 15.5 Å². The molecule has 1 atom stereocenters. The van der Waals surface area contributed by atoms with E-state index < -0.39 is 0 Å². The summed E-state index contributed by atoms with van der Waals surface area (Å²) in [6.07, 6.45) is 1.12. The van der Waals surface area contributed by atoms with E-state index in [1.165, 1.54) is 0 Å². The fraction of sp³-hybridized carbons (Fsp3) is 0.538. The number of rotatable bonds is 4. The average molecular weight is 286 g/mol. The standard InChI is InChI=1S/C13H19N3O2.ClH/c1-13(9-14)6-7-15(10-13)8-11-2-4-12(5-3-11)16(17)18;/h2-5H,6-10,14H2,1H3;1H. The zero-order valence-corrected chi connectivity index (χ0v) is 11.9. The molecule has 19 heavy (non-hydrogen) atoms. The quantitative estimate of drug-likeness (QED) is 0.680. The van der Waals surface area contributed by atoms with Crippen LogP contribution in [0.15, 0.2) is 24.3 Å². The van der Waals surface area contributed by atoms with E-state index >= 15 is 0 Å². The molecule has 0 radical (unpaired) electrons. The van der Waals surface area contributed by atoms with Crippen LogP contribution in [-0.4, -0.2) is 29.5 Å². The highest BCUT2D eigenvalue weighted by atomic mass is 35.5. The van der Waals surface area contributed by atoms with Crippen LogP contribution in [-0.2, 0) is 6.54 Å². The molecule has 0 bridgehead atoms. The largest absolute Gasteiger partial charge is 0.330 e. The molecular formula is C13H20ClN3O2. The molecule has 0 amide bonds. The number of non-ortho nitro benzene ring substituents is 1. The number of nitro benzene ring substituents is 1. The Kier molecular flexibility index (Phi) is 5.29. The van der Waals surface area contributed by atoms with E-state index in [0.717, 1.165) is 31.6 Å². The smallest absolute Gasteiger partial charge is 0.269 e. The Labute approximate surface area is 119 Å². The highest BCUT2D eigenvalue weighted by Gasteiger charge is 2.32. The van der Waals surface area contributed by atoms with Gasteiger partial charge in [-0.25, -0.2) is 0 Å². The van der Waals surface area contributed by atoms with E-state index in [-0.39, 0.29) is 28.4 Å². The van der Waals surface area contributed by atoms with Gasteiger partial charge in [0.25, 0.3) is 5.69 Å². The van der Waals surface area contributed by atoms with Gasteiger partial charge in [-0.1, -0.05) is 19.1 Å². The topological polar surface area (TPSA) is 72.4 Å². The van der Waals surface area contributed by atoms with E-state index in [2.05, 4.69) is 11.8 Å². The van der Waals surface area contributed by atoms with Gasteiger partial charge in [0, 0.05) is 25.2 Å². The summed E-state index contributed by atoms with van der Waals surface area (Å²) in [6.45, 7) is 5.81. The van der Waals surface area contributed by atoms with Crippen LogP contribution < -0.4 is 5.73 Å².